The van der Waals surface area contributed by atoms with E-state index < -0.39 is 53.3 Å². The summed E-state index contributed by atoms with van der Waals surface area (Å²) in [5.41, 5.74) is 5.32. The van der Waals surface area contributed by atoms with Crippen LogP contribution in [-0.2, 0) is 66.5 Å². The van der Waals surface area contributed by atoms with Gasteiger partial charge in [-0.05, 0) is 121 Å². The minimum Gasteiger partial charge on any atom is -0.463 e. The molecule has 23 heteroatoms. The lowest BCUT2D eigenvalue weighted by Crippen LogP contribution is -2.64. The first-order chi connectivity index (χ1) is 35.5. The standard InChI is InChI=1S/C24H41N3O7.C19H33N3O5.C10H18O5/c1-7-32-22(29)17-13-19(26-23(30)34-24(3,4)5)21(25-16(2)28)20(14-17)27-10-8-9-18(15-27)33-12-11-31-6;1-4-26-19(24)14-10-16(20)18(21-13(2)23)17(11-14)22-7-5-6-15(12-22)27-9-8-25-3;1-9(2,3)14-7(11)13-8(12)15-10(4,5)6/h14,18-21H,7-13,15H2,1-6H3,(H,25,28)(H,26,30);11,15-18H,4-10,12,20H2,1-3H3,(H,21,23);1-6H3/t18-,19-,20+,21+;15-,16-,17+,18+;/m00./s1. The molecule has 0 aromatic rings. The van der Waals surface area contributed by atoms with Gasteiger partial charge in [0, 0.05) is 64.8 Å². The molecule has 8 atom stereocenters. The number of alkyl carbamates (subject to hydrolysis) is 1. The van der Waals surface area contributed by atoms with Gasteiger partial charge in [0.25, 0.3) is 0 Å². The topological polar surface area (TPSA) is 280 Å². The first-order valence-corrected chi connectivity index (χ1v) is 26.4. The molecule has 4 aliphatic rings. The van der Waals surface area contributed by atoms with Crippen LogP contribution in [0, 0.1) is 0 Å². The molecule has 23 nitrogen and oxygen atoms in total. The van der Waals surface area contributed by atoms with Crippen LogP contribution >= 0.6 is 0 Å². The summed E-state index contributed by atoms with van der Waals surface area (Å²) in [7, 11) is 3.29. The number of carbonyl (C=O) groups excluding carboxylic acids is 7. The molecule has 0 aromatic carbocycles. The van der Waals surface area contributed by atoms with E-state index in [2.05, 4.69) is 30.5 Å². The van der Waals surface area contributed by atoms with Gasteiger partial charge in [0.2, 0.25) is 11.8 Å². The van der Waals surface area contributed by atoms with Gasteiger partial charge in [0.05, 0.1) is 82.1 Å². The van der Waals surface area contributed by atoms with Gasteiger partial charge in [-0.1, -0.05) is 12.2 Å². The van der Waals surface area contributed by atoms with Crippen molar-refractivity contribution in [2.24, 2.45) is 5.73 Å². The lowest BCUT2D eigenvalue weighted by atomic mass is 9.84. The second-order valence-electron chi connectivity index (χ2n) is 21.9. The minimum absolute atomic E-state index is 0.0144. The number of nitrogens with zero attached hydrogens (tertiary/aromatic N) is 2. The Morgan fingerprint density at radius 3 is 1.39 bits per heavy atom. The summed E-state index contributed by atoms with van der Waals surface area (Å²) >= 11 is 0. The fraction of sp³-hybridized carbons (Fsp3) is 0.792. The number of methoxy groups -OCH3 is 2. The smallest absolute Gasteiger partial charge is 0.463 e. The third kappa shape index (κ3) is 26.4. The van der Waals surface area contributed by atoms with Crippen molar-refractivity contribution in [2.75, 3.05) is 80.0 Å². The normalized spacial score (nSPS) is 24.2. The maximum Gasteiger partial charge on any atom is 0.519 e. The highest BCUT2D eigenvalue weighted by Crippen LogP contribution is 2.29. The van der Waals surface area contributed by atoms with Crippen molar-refractivity contribution in [3.8, 4) is 0 Å². The van der Waals surface area contributed by atoms with Gasteiger partial charge in [-0.3, -0.25) is 19.4 Å². The number of piperidine rings is 2. The van der Waals surface area contributed by atoms with Crippen molar-refractivity contribution < 1.29 is 80.9 Å². The van der Waals surface area contributed by atoms with Crippen LogP contribution in [-0.4, -0.2) is 197 Å². The van der Waals surface area contributed by atoms with Crippen molar-refractivity contribution >= 4 is 42.2 Å². The van der Waals surface area contributed by atoms with Crippen LogP contribution in [0.2, 0.25) is 0 Å². The number of esters is 2. The van der Waals surface area contributed by atoms with Crippen LogP contribution in [0.3, 0.4) is 0 Å². The molecular weight excluding hydrogens is 993 g/mol. The molecule has 3 amide bonds. The van der Waals surface area contributed by atoms with Crippen LogP contribution in [0.5, 0.6) is 0 Å². The number of rotatable bonds is 17. The summed E-state index contributed by atoms with van der Waals surface area (Å²) in [6.45, 7) is 27.5. The first kappa shape index (κ1) is 67.2. The second-order valence-corrected chi connectivity index (χ2v) is 21.9. The Bertz CT molecular complexity index is 1900. The molecule has 76 heavy (non-hydrogen) atoms. The Morgan fingerprint density at radius 1 is 0.592 bits per heavy atom. The molecule has 2 heterocycles. The zero-order chi connectivity index (χ0) is 57.4. The summed E-state index contributed by atoms with van der Waals surface area (Å²) in [5.74, 6) is -1.10. The number of nitrogens with one attached hydrogen (secondary N) is 3. The van der Waals surface area contributed by atoms with Crippen molar-refractivity contribution in [1.82, 2.24) is 25.8 Å². The maximum atomic E-state index is 12.7. The van der Waals surface area contributed by atoms with E-state index in [-0.39, 0.29) is 67.2 Å². The van der Waals surface area contributed by atoms with E-state index in [0.717, 1.165) is 45.3 Å². The summed E-state index contributed by atoms with van der Waals surface area (Å²) in [4.78, 5) is 87.8. The maximum absolute atomic E-state index is 12.7. The van der Waals surface area contributed by atoms with E-state index in [4.69, 9.17) is 48.4 Å². The third-order valence-electron chi connectivity index (χ3n) is 11.7. The fourth-order valence-corrected chi connectivity index (χ4v) is 8.81. The van der Waals surface area contributed by atoms with Crippen LogP contribution in [0.25, 0.3) is 0 Å². The summed E-state index contributed by atoms with van der Waals surface area (Å²) < 4.78 is 51.7. The Balaban J connectivity index is 0.000000419. The largest absolute Gasteiger partial charge is 0.519 e. The predicted octanol–water partition coefficient (Wildman–Crippen LogP) is 4.85. The van der Waals surface area contributed by atoms with E-state index >= 15 is 0 Å². The van der Waals surface area contributed by atoms with Crippen LogP contribution < -0.4 is 21.7 Å². The van der Waals surface area contributed by atoms with Gasteiger partial charge >= 0.3 is 30.3 Å². The molecule has 2 saturated heterocycles. The average molecular weight is 1090 g/mol. The number of ether oxygens (including phenoxy) is 10. The molecule has 0 saturated carbocycles. The van der Waals surface area contributed by atoms with Crippen molar-refractivity contribution in [3.05, 3.63) is 23.3 Å². The number of hydrogen-bond acceptors (Lipinski definition) is 20. The Hall–Kier alpha value is -4.91. The highest BCUT2D eigenvalue weighted by atomic mass is 16.8. The van der Waals surface area contributed by atoms with E-state index in [9.17, 15) is 33.6 Å². The fourth-order valence-electron chi connectivity index (χ4n) is 8.81. The Labute approximate surface area is 450 Å². The van der Waals surface area contributed by atoms with Crippen LogP contribution in [0.1, 0.15) is 129 Å². The van der Waals surface area contributed by atoms with E-state index in [1.165, 1.54) is 13.8 Å². The molecule has 2 aliphatic heterocycles. The lowest BCUT2D eigenvalue weighted by molar-refractivity contribution is -0.139. The van der Waals surface area contributed by atoms with Gasteiger partial charge in [-0.2, -0.15) is 0 Å². The third-order valence-corrected chi connectivity index (χ3v) is 11.7. The molecule has 0 radical (unpaired) electrons. The molecule has 0 spiro atoms. The van der Waals surface area contributed by atoms with E-state index in [0.29, 0.717) is 57.1 Å². The molecule has 5 N–H and O–H groups in total. The monoisotopic (exact) mass is 1080 g/mol. The highest BCUT2D eigenvalue weighted by molar-refractivity contribution is 5.90. The average Bonchev–Trinajstić information content (AvgIpc) is 3.29. The first-order valence-electron chi connectivity index (χ1n) is 26.4. The molecule has 0 bridgehead atoms. The Morgan fingerprint density at radius 2 is 1.00 bits per heavy atom. The van der Waals surface area contributed by atoms with Gasteiger partial charge in [-0.25, -0.2) is 24.0 Å². The molecule has 4 rings (SSSR count). The number of hydrogen-bond donors (Lipinski definition) is 4. The second kappa shape index (κ2) is 32.7. The number of carbonyl (C=O) groups is 7. The molecule has 0 aromatic heterocycles. The van der Waals surface area contributed by atoms with Crippen molar-refractivity contribution in [1.29, 1.82) is 0 Å². The van der Waals surface area contributed by atoms with E-state index in [1.54, 1.807) is 90.4 Å². The van der Waals surface area contributed by atoms with Gasteiger partial charge < -0.3 is 69.1 Å². The Kier molecular flexibility index (Phi) is 28.9. The van der Waals surface area contributed by atoms with E-state index in [1.807, 2.05) is 12.2 Å². The highest BCUT2D eigenvalue weighted by Gasteiger charge is 2.42. The summed E-state index contributed by atoms with van der Waals surface area (Å²) in [5, 5.41) is 8.85. The molecular formula is C53H92N6O17. The van der Waals surface area contributed by atoms with Gasteiger partial charge in [0.1, 0.15) is 16.8 Å². The summed E-state index contributed by atoms with van der Waals surface area (Å²) in [6, 6.07) is -2.10. The zero-order valence-electron chi connectivity index (χ0n) is 48.0. The predicted molar refractivity (Wildman–Crippen MR) is 281 cm³/mol. The zero-order valence-corrected chi connectivity index (χ0v) is 48.0. The number of likely N-dealkylation sites (tertiary alicyclic amines) is 2. The number of amides is 3. The number of nitrogens with two attached hydrogens (primary N) is 1. The minimum atomic E-state index is -1.06. The molecule has 0 unspecified atom stereocenters. The van der Waals surface area contributed by atoms with Crippen molar-refractivity contribution in [3.63, 3.8) is 0 Å². The van der Waals surface area contributed by atoms with Crippen LogP contribution in [0.4, 0.5) is 14.4 Å². The summed E-state index contributed by atoms with van der Waals surface area (Å²) in [6.07, 6.45) is 5.59. The SMILES string of the molecule is CC(C)(C)OC(=O)OC(=O)OC(C)(C)C.CCOC(=O)C1=C[C@@H](N2CCC[C@H](OCCOC)C2)[C@H](NC(C)=O)[C@@H](N)C1.CCOC(=O)C1=C[C@@H](N2CCC[C@H](OCCOC)C2)[C@H](NC(C)=O)[C@@H](NC(=O)OC(C)(C)C)C1. The molecule has 2 fully saturated rings. The van der Waals surface area contributed by atoms with Crippen molar-refractivity contribution in [2.45, 2.75) is 194 Å². The van der Waals surface area contributed by atoms with Crippen LogP contribution in [0.15, 0.2) is 23.3 Å². The lowest BCUT2D eigenvalue weighted by Gasteiger charge is -2.45. The quantitative estimate of drug-likeness (QED) is 0.0655. The molecule has 2 aliphatic carbocycles. The van der Waals surface area contributed by atoms with Gasteiger partial charge in [-0.15, -0.1) is 0 Å². The van der Waals surface area contributed by atoms with Gasteiger partial charge in [0.15, 0.2) is 0 Å². The molecule has 436 valence electrons.